The van der Waals surface area contributed by atoms with Gasteiger partial charge in [0.05, 0.1) is 0 Å². The van der Waals surface area contributed by atoms with Gasteiger partial charge in [0.2, 0.25) is 5.95 Å². The first-order valence-corrected chi connectivity index (χ1v) is 10.3. The Morgan fingerprint density at radius 3 is 2.32 bits per heavy atom. The van der Waals surface area contributed by atoms with Gasteiger partial charge in [-0.3, -0.25) is 14.7 Å². The van der Waals surface area contributed by atoms with Crippen molar-refractivity contribution < 1.29 is 9.18 Å². The van der Waals surface area contributed by atoms with Gasteiger partial charge in [-0.1, -0.05) is 32.0 Å². The van der Waals surface area contributed by atoms with Gasteiger partial charge in [-0.25, -0.2) is 9.98 Å². The molecule has 6 nitrogen and oxygen atoms in total. The van der Waals surface area contributed by atoms with Crippen LogP contribution in [0, 0.1) is 5.95 Å². The fourth-order valence-electron chi connectivity index (χ4n) is 3.92. The molecule has 0 radical (unpaired) electrons. The summed E-state index contributed by atoms with van der Waals surface area (Å²) in [7, 11) is 1.61. The standard InChI is InChI=1S/C24H24FN5O/c1-4-18-13-17(14-19(5-2)28-18)24(22(31)30(3)23(26)29-24)16-9-6-8-15(12-16)20-10-7-11-27-21(20)25/h6-14H,4-5H2,1-3H3,(H2,26,29). The highest BCUT2D eigenvalue weighted by Gasteiger charge is 2.50. The number of pyridine rings is 2. The number of guanidine groups is 1. The molecule has 0 fully saturated rings. The topological polar surface area (TPSA) is 84.5 Å². The maximum atomic E-state index is 14.4. The van der Waals surface area contributed by atoms with Crippen LogP contribution in [-0.4, -0.2) is 33.8 Å². The Morgan fingerprint density at radius 2 is 1.74 bits per heavy atom. The average molecular weight is 417 g/mol. The van der Waals surface area contributed by atoms with Crippen molar-refractivity contribution in [3.8, 4) is 11.1 Å². The van der Waals surface area contributed by atoms with Gasteiger partial charge >= 0.3 is 0 Å². The van der Waals surface area contributed by atoms with Gasteiger partial charge in [0, 0.05) is 30.2 Å². The predicted molar refractivity (Wildman–Crippen MR) is 118 cm³/mol. The van der Waals surface area contributed by atoms with E-state index in [1.165, 1.54) is 11.1 Å². The molecule has 0 aliphatic carbocycles. The molecule has 1 aliphatic heterocycles. The summed E-state index contributed by atoms with van der Waals surface area (Å²) in [6.45, 7) is 4.04. The average Bonchev–Trinajstić information content (AvgIpc) is 3.04. The van der Waals surface area contributed by atoms with Gasteiger partial charge in [0.25, 0.3) is 5.91 Å². The minimum Gasteiger partial charge on any atom is -0.369 e. The second-order valence-corrected chi connectivity index (χ2v) is 7.51. The van der Waals surface area contributed by atoms with E-state index in [4.69, 9.17) is 5.73 Å². The van der Waals surface area contributed by atoms with E-state index in [-0.39, 0.29) is 11.9 Å². The first kappa shape index (κ1) is 20.7. The summed E-state index contributed by atoms with van der Waals surface area (Å²) in [4.78, 5) is 28.0. The Bertz CT molecular complexity index is 1170. The van der Waals surface area contributed by atoms with Crippen LogP contribution in [0.15, 0.2) is 59.7 Å². The number of halogens is 1. The summed E-state index contributed by atoms with van der Waals surface area (Å²) in [5.74, 6) is -0.697. The summed E-state index contributed by atoms with van der Waals surface area (Å²) >= 11 is 0. The lowest BCUT2D eigenvalue weighted by atomic mass is 9.81. The summed E-state index contributed by atoms with van der Waals surface area (Å²) < 4.78 is 14.4. The second-order valence-electron chi connectivity index (χ2n) is 7.51. The molecule has 0 saturated carbocycles. The molecule has 1 aromatic carbocycles. The molecule has 0 saturated heterocycles. The fourth-order valence-corrected chi connectivity index (χ4v) is 3.92. The SMILES string of the molecule is CCc1cc(C2(c3cccc(-c4cccnc4F)c3)N=C(N)N(C)C2=O)cc(CC)n1. The van der Waals surface area contributed by atoms with Crippen molar-refractivity contribution in [2.75, 3.05) is 7.05 Å². The number of hydrogen-bond acceptors (Lipinski definition) is 5. The number of likely N-dealkylation sites (N-methyl/N-ethyl adjacent to an activating group) is 1. The predicted octanol–water partition coefficient (Wildman–Crippen LogP) is 3.44. The van der Waals surface area contributed by atoms with Crippen LogP contribution in [0.4, 0.5) is 4.39 Å². The molecular formula is C24H24FN5O. The van der Waals surface area contributed by atoms with E-state index in [1.54, 1.807) is 37.4 Å². The molecule has 3 aromatic rings. The number of amides is 1. The summed E-state index contributed by atoms with van der Waals surface area (Å²) in [5, 5.41) is 0. The van der Waals surface area contributed by atoms with Crippen LogP contribution in [0.5, 0.6) is 0 Å². The van der Waals surface area contributed by atoms with Gasteiger partial charge in [0.15, 0.2) is 11.5 Å². The number of nitrogens with two attached hydrogens (primary N) is 1. The molecule has 4 rings (SSSR count). The van der Waals surface area contributed by atoms with E-state index >= 15 is 0 Å². The number of carbonyl (C=O) groups excluding carboxylic acids is 1. The van der Waals surface area contributed by atoms with Crippen molar-refractivity contribution in [2.24, 2.45) is 10.7 Å². The van der Waals surface area contributed by atoms with E-state index in [9.17, 15) is 9.18 Å². The minimum absolute atomic E-state index is 0.135. The van der Waals surface area contributed by atoms with Crippen molar-refractivity contribution in [1.82, 2.24) is 14.9 Å². The third kappa shape index (κ3) is 3.36. The second kappa shape index (κ2) is 7.91. The Balaban J connectivity index is 1.98. The van der Waals surface area contributed by atoms with Gasteiger partial charge in [-0.2, -0.15) is 4.39 Å². The number of aliphatic imine (C=N–C) groups is 1. The number of aryl methyl sites for hydroxylation is 2. The molecule has 2 N–H and O–H groups in total. The summed E-state index contributed by atoms with van der Waals surface area (Å²) in [6, 6.07) is 14.3. The van der Waals surface area contributed by atoms with Crippen LogP contribution in [0.1, 0.15) is 36.4 Å². The van der Waals surface area contributed by atoms with Crippen molar-refractivity contribution >= 4 is 11.9 Å². The molecular weight excluding hydrogens is 393 g/mol. The van der Waals surface area contributed by atoms with Crippen molar-refractivity contribution in [2.45, 2.75) is 32.2 Å². The van der Waals surface area contributed by atoms with Crippen LogP contribution < -0.4 is 5.73 Å². The monoisotopic (exact) mass is 417 g/mol. The Morgan fingerprint density at radius 1 is 1.03 bits per heavy atom. The molecule has 1 amide bonds. The molecule has 7 heteroatoms. The highest BCUT2D eigenvalue weighted by molar-refractivity contribution is 6.09. The normalized spacial score (nSPS) is 18.4. The van der Waals surface area contributed by atoms with Crippen molar-refractivity contribution in [3.05, 3.63) is 83.2 Å². The minimum atomic E-state index is -1.36. The number of carbonyl (C=O) groups is 1. The van der Waals surface area contributed by atoms with Crippen LogP contribution in [0.2, 0.25) is 0 Å². The molecule has 1 aliphatic rings. The first-order chi connectivity index (χ1) is 14.9. The maximum Gasteiger partial charge on any atom is 0.266 e. The van der Waals surface area contributed by atoms with Crippen LogP contribution in [0.25, 0.3) is 11.1 Å². The molecule has 1 atom stereocenters. The van der Waals surface area contributed by atoms with Gasteiger partial charge in [0.1, 0.15) is 0 Å². The lowest BCUT2D eigenvalue weighted by molar-refractivity contribution is -0.129. The molecule has 158 valence electrons. The number of benzene rings is 1. The molecule has 0 spiro atoms. The van der Waals surface area contributed by atoms with Gasteiger partial charge < -0.3 is 5.73 Å². The van der Waals surface area contributed by atoms with E-state index in [1.807, 2.05) is 32.0 Å². The number of rotatable bonds is 5. The largest absolute Gasteiger partial charge is 0.369 e. The number of hydrogen-bond donors (Lipinski definition) is 1. The Labute approximate surface area is 180 Å². The van der Waals surface area contributed by atoms with E-state index in [2.05, 4.69) is 15.0 Å². The molecule has 31 heavy (non-hydrogen) atoms. The third-order valence-corrected chi connectivity index (χ3v) is 5.66. The van der Waals surface area contributed by atoms with Crippen molar-refractivity contribution in [3.63, 3.8) is 0 Å². The highest BCUT2D eigenvalue weighted by atomic mass is 19.1. The summed E-state index contributed by atoms with van der Waals surface area (Å²) in [5.41, 5.74) is 8.78. The fraction of sp³-hybridized carbons (Fsp3) is 0.250. The smallest absolute Gasteiger partial charge is 0.266 e. The Hall–Kier alpha value is -3.61. The maximum absolute atomic E-state index is 14.4. The third-order valence-electron chi connectivity index (χ3n) is 5.66. The van der Waals surface area contributed by atoms with Gasteiger partial charge in [-0.05, 0) is 59.9 Å². The zero-order chi connectivity index (χ0) is 22.2. The molecule has 3 heterocycles. The zero-order valence-electron chi connectivity index (χ0n) is 17.8. The van der Waals surface area contributed by atoms with E-state index < -0.39 is 11.5 Å². The Kier molecular flexibility index (Phi) is 5.27. The van der Waals surface area contributed by atoms with Crippen molar-refractivity contribution in [1.29, 1.82) is 0 Å². The molecule has 0 bridgehead atoms. The summed E-state index contributed by atoms with van der Waals surface area (Å²) in [6.07, 6.45) is 2.85. The first-order valence-electron chi connectivity index (χ1n) is 10.3. The lowest BCUT2D eigenvalue weighted by Gasteiger charge is -2.27. The molecule has 2 aromatic heterocycles. The van der Waals surface area contributed by atoms with Gasteiger partial charge in [-0.15, -0.1) is 0 Å². The van der Waals surface area contributed by atoms with E-state index in [0.717, 1.165) is 24.2 Å². The quantitative estimate of drug-likeness (QED) is 0.645. The van der Waals surface area contributed by atoms with E-state index in [0.29, 0.717) is 22.3 Å². The van der Waals surface area contributed by atoms with Crippen LogP contribution in [0.3, 0.4) is 0 Å². The lowest BCUT2D eigenvalue weighted by Crippen LogP contribution is -2.41. The number of nitrogens with zero attached hydrogens (tertiary/aromatic N) is 4. The zero-order valence-corrected chi connectivity index (χ0v) is 17.8. The molecule has 1 unspecified atom stereocenters. The van der Waals surface area contributed by atoms with Crippen LogP contribution in [-0.2, 0) is 23.2 Å². The van der Waals surface area contributed by atoms with Crippen LogP contribution >= 0.6 is 0 Å². The highest BCUT2D eigenvalue weighted by Crippen LogP contribution is 2.41. The number of aromatic nitrogens is 2.